The maximum absolute atomic E-state index is 11.6. The Bertz CT molecular complexity index is 414. The number of aromatic nitrogens is 2. The number of aryl methyl sites for hydroxylation is 2. The molecule has 0 aliphatic carbocycles. The van der Waals surface area contributed by atoms with E-state index in [2.05, 4.69) is 4.98 Å². The monoisotopic (exact) mass is 307 g/mol. The van der Waals surface area contributed by atoms with Crippen LogP contribution in [0.15, 0.2) is 11.1 Å². The van der Waals surface area contributed by atoms with Gasteiger partial charge in [-0.15, -0.1) is 0 Å². The molecular formula is C8H10IN3O2. The summed E-state index contributed by atoms with van der Waals surface area (Å²) < 4.78 is 1.97. The van der Waals surface area contributed by atoms with Crippen LogP contribution in [0, 0.1) is 10.5 Å². The van der Waals surface area contributed by atoms with E-state index in [0.717, 1.165) is 0 Å². The topological polar surface area (TPSA) is 78.0 Å². The summed E-state index contributed by atoms with van der Waals surface area (Å²) >= 11 is 1.94. The molecule has 2 N–H and O–H groups in total. The molecule has 1 rings (SSSR count). The van der Waals surface area contributed by atoms with Crippen molar-refractivity contribution >= 4 is 28.5 Å². The Morgan fingerprint density at radius 3 is 2.93 bits per heavy atom. The first-order valence-corrected chi connectivity index (χ1v) is 5.10. The van der Waals surface area contributed by atoms with Gasteiger partial charge in [0.25, 0.3) is 5.56 Å². The van der Waals surface area contributed by atoms with Gasteiger partial charge in [-0.1, -0.05) is 0 Å². The first-order chi connectivity index (χ1) is 6.52. The molecular weight excluding hydrogens is 297 g/mol. The van der Waals surface area contributed by atoms with Crippen LogP contribution in [-0.2, 0) is 11.3 Å². The van der Waals surface area contributed by atoms with Crippen LogP contribution < -0.4 is 11.3 Å². The van der Waals surface area contributed by atoms with Gasteiger partial charge >= 0.3 is 0 Å². The Morgan fingerprint density at radius 2 is 2.36 bits per heavy atom. The van der Waals surface area contributed by atoms with E-state index in [4.69, 9.17) is 5.73 Å². The predicted octanol–water partition coefficient (Wildman–Crippen LogP) is 0.0317. The number of rotatable bonds is 3. The van der Waals surface area contributed by atoms with Crippen LogP contribution in [0.3, 0.4) is 0 Å². The summed E-state index contributed by atoms with van der Waals surface area (Å²) in [6.45, 7) is 2.05. The number of carbonyl (C=O) groups excluding carboxylic acids is 1. The molecule has 0 aliphatic heterocycles. The highest BCUT2D eigenvalue weighted by atomic mass is 127. The average Bonchev–Trinajstić information content (AvgIpc) is 2.13. The van der Waals surface area contributed by atoms with Gasteiger partial charge in [-0.2, -0.15) is 0 Å². The van der Waals surface area contributed by atoms with Gasteiger partial charge in [0.15, 0.2) is 0 Å². The van der Waals surface area contributed by atoms with Gasteiger partial charge in [0.05, 0.1) is 15.6 Å². The number of nitrogens with zero attached hydrogens (tertiary/aromatic N) is 2. The largest absolute Gasteiger partial charge is 0.370 e. The Hall–Kier alpha value is -0.920. The lowest BCUT2D eigenvalue weighted by molar-refractivity contribution is -0.118. The van der Waals surface area contributed by atoms with Crippen molar-refractivity contribution < 1.29 is 4.79 Å². The van der Waals surface area contributed by atoms with Gasteiger partial charge in [-0.25, -0.2) is 4.98 Å². The average molecular weight is 307 g/mol. The summed E-state index contributed by atoms with van der Waals surface area (Å²) in [6, 6.07) is 0. The van der Waals surface area contributed by atoms with Crippen molar-refractivity contribution in [1.82, 2.24) is 9.55 Å². The van der Waals surface area contributed by atoms with Crippen LogP contribution >= 0.6 is 22.6 Å². The smallest absolute Gasteiger partial charge is 0.267 e. The molecule has 0 atom stereocenters. The fraction of sp³-hybridized carbons (Fsp3) is 0.375. The normalized spacial score (nSPS) is 10.1. The van der Waals surface area contributed by atoms with Crippen molar-refractivity contribution in [2.45, 2.75) is 19.9 Å². The fourth-order valence-electron chi connectivity index (χ4n) is 0.936. The first-order valence-electron chi connectivity index (χ1n) is 4.02. The molecule has 6 heteroatoms. The molecule has 0 fully saturated rings. The van der Waals surface area contributed by atoms with Crippen molar-refractivity contribution in [3.63, 3.8) is 0 Å². The predicted molar refractivity (Wildman–Crippen MR) is 59.8 cm³/mol. The second-order valence-electron chi connectivity index (χ2n) is 2.86. The van der Waals surface area contributed by atoms with Crippen LogP contribution in [-0.4, -0.2) is 15.5 Å². The molecule has 0 unspecified atom stereocenters. The molecule has 0 spiro atoms. The van der Waals surface area contributed by atoms with Crippen molar-refractivity contribution in [3.05, 3.63) is 25.9 Å². The molecule has 0 saturated carbocycles. The molecule has 5 nitrogen and oxygen atoms in total. The zero-order valence-corrected chi connectivity index (χ0v) is 9.82. The number of hydrogen-bond acceptors (Lipinski definition) is 3. The van der Waals surface area contributed by atoms with E-state index < -0.39 is 5.91 Å². The Morgan fingerprint density at radius 1 is 1.71 bits per heavy atom. The summed E-state index contributed by atoms with van der Waals surface area (Å²) in [5.74, 6) is -0.424. The van der Waals surface area contributed by atoms with E-state index in [0.29, 0.717) is 9.26 Å². The molecule has 1 heterocycles. The van der Waals surface area contributed by atoms with Crippen LogP contribution in [0.1, 0.15) is 12.1 Å². The molecule has 0 aromatic carbocycles. The zero-order chi connectivity index (χ0) is 10.7. The summed E-state index contributed by atoms with van der Waals surface area (Å²) in [7, 11) is 0. The molecule has 0 aliphatic rings. The number of primary amides is 1. The standard InChI is InChI=1S/C8H10IN3O2/c1-5-7(9)8(14)12(4-11-5)3-2-6(10)13/h4H,2-3H2,1H3,(H2,10,13). The molecule has 1 aromatic heterocycles. The van der Waals surface area contributed by atoms with Crippen molar-refractivity contribution in [2.75, 3.05) is 0 Å². The van der Waals surface area contributed by atoms with Crippen molar-refractivity contribution in [3.8, 4) is 0 Å². The molecule has 0 radical (unpaired) electrons. The third-order valence-corrected chi connectivity index (χ3v) is 3.00. The SMILES string of the molecule is Cc1ncn(CCC(N)=O)c(=O)c1I. The van der Waals surface area contributed by atoms with E-state index in [9.17, 15) is 9.59 Å². The summed E-state index contributed by atoms with van der Waals surface area (Å²) in [5, 5.41) is 0. The summed E-state index contributed by atoms with van der Waals surface area (Å²) in [4.78, 5) is 26.1. The van der Waals surface area contributed by atoms with E-state index in [1.807, 2.05) is 22.6 Å². The minimum Gasteiger partial charge on any atom is -0.370 e. The van der Waals surface area contributed by atoms with Crippen molar-refractivity contribution in [1.29, 1.82) is 0 Å². The molecule has 0 saturated heterocycles. The molecule has 14 heavy (non-hydrogen) atoms. The quantitative estimate of drug-likeness (QED) is 0.800. The fourth-order valence-corrected chi connectivity index (χ4v) is 1.39. The number of amides is 1. The first kappa shape index (κ1) is 11.2. The minimum atomic E-state index is -0.424. The van der Waals surface area contributed by atoms with Gasteiger partial charge in [-0.05, 0) is 29.5 Å². The summed E-state index contributed by atoms with van der Waals surface area (Å²) in [5.41, 5.74) is 5.56. The maximum atomic E-state index is 11.6. The maximum Gasteiger partial charge on any atom is 0.267 e. The third kappa shape index (κ3) is 2.53. The van der Waals surface area contributed by atoms with Crippen LogP contribution in [0.4, 0.5) is 0 Å². The van der Waals surface area contributed by atoms with Gasteiger partial charge in [0.1, 0.15) is 0 Å². The number of carbonyl (C=O) groups is 1. The lowest BCUT2D eigenvalue weighted by Crippen LogP contribution is -2.26. The molecule has 1 amide bonds. The number of halogens is 1. The Kier molecular flexibility index (Phi) is 3.62. The van der Waals surface area contributed by atoms with Gasteiger partial charge in [0, 0.05) is 13.0 Å². The second-order valence-corrected chi connectivity index (χ2v) is 3.94. The highest BCUT2D eigenvalue weighted by molar-refractivity contribution is 14.1. The lowest BCUT2D eigenvalue weighted by atomic mass is 10.4. The highest BCUT2D eigenvalue weighted by Gasteiger charge is 2.05. The van der Waals surface area contributed by atoms with Gasteiger partial charge < -0.3 is 5.73 Å². The Balaban J connectivity index is 2.95. The zero-order valence-electron chi connectivity index (χ0n) is 7.66. The van der Waals surface area contributed by atoms with E-state index in [1.54, 1.807) is 6.92 Å². The van der Waals surface area contributed by atoms with Gasteiger partial charge in [0.2, 0.25) is 5.91 Å². The van der Waals surface area contributed by atoms with E-state index in [1.165, 1.54) is 10.9 Å². The van der Waals surface area contributed by atoms with Gasteiger partial charge in [-0.3, -0.25) is 14.2 Å². The number of hydrogen-bond donors (Lipinski definition) is 1. The second kappa shape index (κ2) is 4.54. The van der Waals surface area contributed by atoms with Crippen LogP contribution in [0.2, 0.25) is 0 Å². The highest BCUT2D eigenvalue weighted by Crippen LogP contribution is 2.01. The summed E-state index contributed by atoms with van der Waals surface area (Å²) in [6.07, 6.45) is 1.59. The Labute approximate surface area is 94.5 Å². The lowest BCUT2D eigenvalue weighted by Gasteiger charge is -2.04. The molecule has 1 aromatic rings. The van der Waals surface area contributed by atoms with E-state index >= 15 is 0 Å². The van der Waals surface area contributed by atoms with Crippen molar-refractivity contribution in [2.24, 2.45) is 5.73 Å². The molecule has 0 bridgehead atoms. The minimum absolute atomic E-state index is 0.126. The number of nitrogens with two attached hydrogens (primary N) is 1. The molecule has 76 valence electrons. The van der Waals surface area contributed by atoms with E-state index in [-0.39, 0.29) is 18.5 Å². The third-order valence-electron chi connectivity index (χ3n) is 1.76. The van der Waals surface area contributed by atoms with Crippen LogP contribution in [0.25, 0.3) is 0 Å². The van der Waals surface area contributed by atoms with Crippen LogP contribution in [0.5, 0.6) is 0 Å².